The third kappa shape index (κ3) is 3.33. The van der Waals surface area contributed by atoms with E-state index >= 15 is 0 Å². The van der Waals surface area contributed by atoms with Crippen molar-refractivity contribution in [3.05, 3.63) is 58.0 Å². The summed E-state index contributed by atoms with van der Waals surface area (Å²) in [5.41, 5.74) is 1.38. The van der Waals surface area contributed by atoms with Gasteiger partial charge in [0, 0.05) is 13.0 Å². The number of carboxylic acids is 1. The molecule has 3 rings (SSSR count). The first-order valence-corrected chi connectivity index (χ1v) is 8.80. The van der Waals surface area contributed by atoms with Gasteiger partial charge in [-0.25, -0.2) is 4.39 Å². The van der Waals surface area contributed by atoms with Crippen LogP contribution in [0.1, 0.15) is 30.0 Å². The molecule has 1 saturated heterocycles. The zero-order valence-corrected chi connectivity index (χ0v) is 13.8. The molecule has 0 bridgehead atoms. The highest BCUT2D eigenvalue weighted by Crippen LogP contribution is 2.37. The molecule has 2 atom stereocenters. The van der Waals surface area contributed by atoms with Crippen molar-refractivity contribution in [2.75, 3.05) is 6.54 Å². The molecule has 4 nitrogen and oxygen atoms in total. The van der Waals surface area contributed by atoms with Gasteiger partial charge >= 0.3 is 5.97 Å². The number of carbonyl (C=O) groups is 2. The van der Waals surface area contributed by atoms with Crippen LogP contribution in [0.3, 0.4) is 0 Å². The van der Waals surface area contributed by atoms with E-state index in [0.717, 1.165) is 5.56 Å². The number of rotatable bonds is 5. The lowest BCUT2D eigenvalue weighted by Gasteiger charge is -2.39. The Labute approximate surface area is 143 Å². The van der Waals surface area contributed by atoms with Crippen LogP contribution in [-0.2, 0) is 16.0 Å². The van der Waals surface area contributed by atoms with Crippen LogP contribution in [0.4, 0.5) is 4.39 Å². The molecule has 0 unspecified atom stereocenters. The van der Waals surface area contributed by atoms with Crippen LogP contribution in [0, 0.1) is 11.7 Å². The highest BCUT2D eigenvalue weighted by atomic mass is 32.1. The van der Waals surface area contributed by atoms with Crippen molar-refractivity contribution in [2.45, 2.75) is 25.3 Å². The third-order valence-electron chi connectivity index (χ3n) is 4.49. The monoisotopic (exact) mass is 347 g/mol. The minimum atomic E-state index is -0.894. The van der Waals surface area contributed by atoms with Crippen LogP contribution in [0.25, 0.3) is 0 Å². The van der Waals surface area contributed by atoms with Crippen molar-refractivity contribution in [2.24, 2.45) is 5.92 Å². The number of carboxylic acid groups (broad SMARTS) is 1. The van der Waals surface area contributed by atoms with Gasteiger partial charge in [0.1, 0.15) is 5.82 Å². The summed E-state index contributed by atoms with van der Waals surface area (Å²) in [7, 11) is 0. The molecule has 0 saturated carbocycles. The van der Waals surface area contributed by atoms with Gasteiger partial charge in [-0.15, -0.1) is 0 Å². The molecule has 0 aliphatic carbocycles. The lowest BCUT2D eigenvalue weighted by Crippen LogP contribution is -2.46. The fraction of sp³-hybridized carbons (Fsp3) is 0.333. The largest absolute Gasteiger partial charge is 0.481 e. The third-order valence-corrected chi connectivity index (χ3v) is 5.19. The van der Waals surface area contributed by atoms with Crippen molar-refractivity contribution in [1.29, 1.82) is 0 Å². The predicted octanol–water partition coefficient (Wildman–Crippen LogP) is 3.49. The van der Waals surface area contributed by atoms with Crippen LogP contribution < -0.4 is 0 Å². The number of aliphatic carboxylic acids is 1. The lowest BCUT2D eigenvalue weighted by molar-refractivity contribution is -0.152. The average molecular weight is 347 g/mol. The zero-order chi connectivity index (χ0) is 17.1. The van der Waals surface area contributed by atoms with Gasteiger partial charge in [0.25, 0.3) is 0 Å². The number of thiophene rings is 1. The van der Waals surface area contributed by atoms with Crippen LogP contribution in [0.2, 0.25) is 0 Å². The van der Waals surface area contributed by atoms with E-state index in [-0.39, 0.29) is 18.1 Å². The van der Waals surface area contributed by atoms with Crippen molar-refractivity contribution in [3.8, 4) is 0 Å². The van der Waals surface area contributed by atoms with E-state index in [9.17, 15) is 19.1 Å². The number of carbonyl (C=O) groups excluding carboxylic acids is 1. The van der Waals surface area contributed by atoms with Gasteiger partial charge in [-0.2, -0.15) is 11.3 Å². The van der Waals surface area contributed by atoms with E-state index in [0.29, 0.717) is 24.9 Å². The van der Waals surface area contributed by atoms with Crippen molar-refractivity contribution < 1.29 is 19.1 Å². The van der Waals surface area contributed by atoms with Crippen LogP contribution in [0.15, 0.2) is 41.1 Å². The van der Waals surface area contributed by atoms with Crippen molar-refractivity contribution >= 4 is 23.2 Å². The molecular formula is C18H18FNO3S. The Morgan fingerprint density at radius 1 is 1.33 bits per heavy atom. The first-order chi connectivity index (χ1) is 11.6. The van der Waals surface area contributed by atoms with E-state index in [1.54, 1.807) is 23.1 Å². The van der Waals surface area contributed by atoms with E-state index < -0.39 is 17.9 Å². The second-order valence-electron chi connectivity index (χ2n) is 5.91. The smallest absolute Gasteiger partial charge is 0.308 e. The van der Waals surface area contributed by atoms with E-state index in [1.807, 2.05) is 16.8 Å². The maximum absolute atomic E-state index is 13.8. The standard InChI is InChI=1S/C18H18FNO3S/c19-15-4-2-1-3-12(15)7-9-20-16(21)6-5-14(18(22)23)17(20)13-8-10-24-11-13/h1-4,8,10-11,14,17H,5-7,9H2,(H,22,23)/t14-,17-/m0/s1. The summed E-state index contributed by atoms with van der Waals surface area (Å²) < 4.78 is 13.8. The van der Waals surface area contributed by atoms with Crippen LogP contribution >= 0.6 is 11.3 Å². The van der Waals surface area contributed by atoms with Gasteiger partial charge in [0.15, 0.2) is 0 Å². The highest BCUT2D eigenvalue weighted by Gasteiger charge is 2.40. The fourth-order valence-electron chi connectivity index (χ4n) is 3.27. The maximum atomic E-state index is 13.8. The number of halogens is 1. The Hall–Kier alpha value is -2.21. The van der Waals surface area contributed by atoms with E-state index in [1.165, 1.54) is 17.4 Å². The Balaban J connectivity index is 1.85. The SMILES string of the molecule is O=C(O)[C@H]1CCC(=O)N(CCc2ccccc2F)[C@H]1c1ccsc1. The second-order valence-corrected chi connectivity index (χ2v) is 6.69. The topological polar surface area (TPSA) is 57.6 Å². The highest BCUT2D eigenvalue weighted by molar-refractivity contribution is 7.08. The summed E-state index contributed by atoms with van der Waals surface area (Å²) in [5.74, 6) is -1.89. The number of likely N-dealkylation sites (tertiary alicyclic amines) is 1. The molecular weight excluding hydrogens is 329 g/mol. The molecule has 2 aromatic rings. The van der Waals surface area contributed by atoms with Crippen LogP contribution in [-0.4, -0.2) is 28.4 Å². The molecule has 1 aliphatic heterocycles. The first kappa shape index (κ1) is 16.6. The second kappa shape index (κ2) is 7.13. The van der Waals surface area contributed by atoms with Crippen LogP contribution in [0.5, 0.6) is 0 Å². The molecule has 1 aromatic heterocycles. The molecule has 1 N–H and O–H groups in total. The summed E-state index contributed by atoms with van der Waals surface area (Å²) >= 11 is 1.48. The number of hydrogen-bond acceptors (Lipinski definition) is 3. The summed E-state index contributed by atoms with van der Waals surface area (Å²) in [4.78, 5) is 25.7. The Morgan fingerprint density at radius 2 is 2.12 bits per heavy atom. The molecule has 1 aromatic carbocycles. The molecule has 1 amide bonds. The zero-order valence-electron chi connectivity index (χ0n) is 13.0. The predicted molar refractivity (Wildman–Crippen MR) is 89.2 cm³/mol. The van der Waals surface area contributed by atoms with Gasteiger partial charge in [-0.3, -0.25) is 9.59 Å². The fourth-order valence-corrected chi connectivity index (χ4v) is 3.96. The summed E-state index contributed by atoms with van der Waals surface area (Å²) in [6.07, 6.45) is 0.922. The summed E-state index contributed by atoms with van der Waals surface area (Å²) in [6.45, 7) is 0.310. The number of piperidine rings is 1. The summed E-state index contributed by atoms with van der Waals surface area (Å²) in [5, 5.41) is 13.3. The Morgan fingerprint density at radius 3 is 2.79 bits per heavy atom. The first-order valence-electron chi connectivity index (χ1n) is 7.85. The Kier molecular flexibility index (Phi) is 4.94. The summed E-state index contributed by atoms with van der Waals surface area (Å²) in [6, 6.07) is 7.84. The maximum Gasteiger partial charge on any atom is 0.308 e. The lowest BCUT2D eigenvalue weighted by atomic mass is 9.85. The number of nitrogens with zero attached hydrogens (tertiary/aromatic N) is 1. The quantitative estimate of drug-likeness (QED) is 0.901. The Bertz CT molecular complexity index is 732. The van der Waals surface area contributed by atoms with Gasteiger partial charge in [-0.1, -0.05) is 18.2 Å². The molecule has 24 heavy (non-hydrogen) atoms. The van der Waals surface area contributed by atoms with E-state index in [4.69, 9.17) is 0 Å². The molecule has 6 heteroatoms. The number of benzene rings is 1. The molecule has 126 valence electrons. The molecule has 0 spiro atoms. The number of amides is 1. The van der Waals surface area contributed by atoms with Gasteiger partial charge in [0.05, 0.1) is 12.0 Å². The minimum Gasteiger partial charge on any atom is -0.481 e. The van der Waals surface area contributed by atoms with Crippen molar-refractivity contribution in [1.82, 2.24) is 4.90 Å². The molecule has 1 aliphatic rings. The minimum absolute atomic E-state index is 0.0694. The van der Waals surface area contributed by atoms with Gasteiger partial charge in [-0.05, 0) is 46.9 Å². The van der Waals surface area contributed by atoms with E-state index in [2.05, 4.69) is 0 Å². The number of hydrogen-bond donors (Lipinski definition) is 1. The average Bonchev–Trinajstić information content (AvgIpc) is 3.08. The molecule has 2 heterocycles. The molecule has 0 radical (unpaired) electrons. The van der Waals surface area contributed by atoms with Crippen molar-refractivity contribution in [3.63, 3.8) is 0 Å². The normalized spacial score (nSPS) is 21.0. The van der Waals surface area contributed by atoms with Gasteiger partial charge < -0.3 is 10.0 Å². The molecule has 1 fully saturated rings. The van der Waals surface area contributed by atoms with Gasteiger partial charge in [0.2, 0.25) is 5.91 Å².